The van der Waals surface area contributed by atoms with Gasteiger partial charge < -0.3 is 15.4 Å². The zero-order chi connectivity index (χ0) is 13.4. The summed E-state index contributed by atoms with van der Waals surface area (Å²) < 4.78 is 43.0. The van der Waals surface area contributed by atoms with Gasteiger partial charge in [-0.2, -0.15) is 13.2 Å². The Morgan fingerprint density at radius 2 is 2.17 bits per heavy atom. The Labute approximate surface area is 103 Å². The van der Waals surface area contributed by atoms with E-state index < -0.39 is 23.5 Å². The fraction of sp³-hybridized carbons (Fsp3) is 0.909. The van der Waals surface area contributed by atoms with Crippen LogP contribution in [0.4, 0.5) is 13.2 Å². The number of carbonyl (C=O) groups is 1. The van der Waals surface area contributed by atoms with Crippen LogP contribution in [0.2, 0.25) is 0 Å². The molecule has 18 heavy (non-hydrogen) atoms. The number of ether oxygens (including phenoxy) is 1. The second-order valence-electron chi connectivity index (χ2n) is 5.09. The van der Waals surface area contributed by atoms with Gasteiger partial charge in [0.2, 0.25) is 5.91 Å². The summed E-state index contributed by atoms with van der Waals surface area (Å²) in [5.41, 5.74) is 4.76. The highest BCUT2D eigenvalue weighted by atomic mass is 19.4. The minimum atomic E-state index is -4.24. The first-order chi connectivity index (χ1) is 8.33. The van der Waals surface area contributed by atoms with Crippen molar-refractivity contribution in [2.45, 2.75) is 31.0 Å². The molecule has 0 saturated carbocycles. The summed E-state index contributed by atoms with van der Waals surface area (Å²) in [7, 11) is 0. The lowest BCUT2D eigenvalue weighted by molar-refractivity contribution is -0.189. The number of amides is 1. The summed E-state index contributed by atoms with van der Waals surface area (Å²) in [5.74, 6) is -1.84. The Bertz CT molecular complexity index is 327. The number of nitrogens with two attached hydrogens (primary N) is 1. The number of carbonyl (C=O) groups excluding carboxylic acids is 1. The van der Waals surface area contributed by atoms with Crippen LogP contribution in [-0.4, -0.2) is 48.8 Å². The molecule has 2 heterocycles. The van der Waals surface area contributed by atoms with E-state index in [1.165, 1.54) is 4.90 Å². The Hall–Kier alpha value is -0.820. The third-order valence-electron chi connectivity index (χ3n) is 3.65. The van der Waals surface area contributed by atoms with Crippen molar-refractivity contribution in [3.05, 3.63) is 0 Å². The van der Waals surface area contributed by atoms with Crippen LogP contribution in [0.15, 0.2) is 0 Å². The summed E-state index contributed by atoms with van der Waals surface area (Å²) in [4.78, 5) is 13.4. The third kappa shape index (κ3) is 2.61. The van der Waals surface area contributed by atoms with E-state index in [-0.39, 0.29) is 19.6 Å². The predicted molar refractivity (Wildman–Crippen MR) is 57.7 cm³/mol. The quantitative estimate of drug-likeness (QED) is 0.767. The van der Waals surface area contributed by atoms with E-state index >= 15 is 0 Å². The molecule has 104 valence electrons. The number of hydrogen-bond acceptors (Lipinski definition) is 3. The largest absolute Gasteiger partial charge is 0.393 e. The van der Waals surface area contributed by atoms with E-state index in [4.69, 9.17) is 10.5 Å². The lowest BCUT2D eigenvalue weighted by Gasteiger charge is -2.37. The van der Waals surface area contributed by atoms with Crippen molar-refractivity contribution < 1.29 is 22.7 Å². The fourth-order valence-corrected chi connectivity index (χ4v) is 2.49. The van der Waals surface area contributed by atoms with Crippen LogP contribution in [0.5, 0.6) is 0 Å². The van der Waals surface area contributed by atoms with Gasteiger partial charge in [0.25, 0.3) is 0 Å². The fourth-order valence-electron chi connectivity index (χ4n) is 2.49. The van der Waals surface area contributed by atoms with Crippen LogP contribution in [-0.2, 0) is 9.53 Å². The molecule has 1 amide bonds. The maximum Gasteiger partial charge on any atom is 0.393 e. The molecule has 4 nitrogen and oxygen atoms in total. The molecule has 0 aromatic heterocycles. The molecular weight excluding hydrogens is 249 g/mol. The molecular formula is C11H17F3N2O2. The van der Waals surface area contributed by atoms with Crippen molar-refractivity contribution in [3.8, 4) is 0 Å². The summed E-state index contributed by atoms with van der Waals surface area (Å²) in [6.07, 6.45) is -3.42. The highest BCUT2D eigenvalue weighted by Gasteiger charge is 2.46. The van der Waals surface area contributed by atoms with E-state index in [1.54, 1.807) is 0 Å². The number of alkyl halides is 3. The van der Waals surface area contributed by atoms with Gasteiger partial charge in [0.1, 0.15) is 5.54 Å². The summed E-state index contributed by atoms with van der Waals surface area (Å²) in [5, 5.41) is 0. The van der Waals surface area contributed by atoms with Gasteiger partial charge in [-0.25, -0.2) is 0 Å². The summed E-state index contributed by atoms with van der Waals surface area (Å²) in [6, 6.07) is 0. The average Bonchev–Trinajstić information content (AvgIpc) is 2.75. The van der Waals surface area contributed by atoms with E-state index in [1.807, 2.05) is 0 Å². The van der Waals surface area contributed by atoms with Crippen LogP contribution >= 0.6 is 0 Å². The SMILES string of the molecule is NC1(C(=O)N2CCCC(C(F)(F)F)C2)CCOC1. The molecule has 2 N–H and O–H groups in total. The lowest BCUT2D eigenvalue weighted by atomic mass is 9.93. The molecule has 0 radical (unpaired) electrons. The Morgan fingerprint density at radius 1 is 1.44 bits per heavy atom. The van der Waals surface area contributed by atoms with Gasteiger partial charge in [0.05, 0.1) is 12.5 Å². The molecule has 2 fully saturated rings. The van der Waals surface area contributed by atoms with Crippen molar-refractivity contribution >= 4 is 5.91 Å². The second kappa shape index (κ2) is 4.70. The first-order valence-corrected chi connectivity index (χ1v) is 6.06. The lowest BCUT2D eigenvalue weighted by Crippen LogP contribution is -2.58. The molecule has 0 spiro atoms. The van der Waals surface area contributed by atoms with Gasteiger partial charge >= 0.3 is 6.18 Å². The minimum absolute atomic E-state index is 0.0847. The summed E-state index contributed by atoms with van der Waals surface area (Å²) in [6.45, 7) is 0.559. The van der Waals surface area contributed by atoms with Crippen LogP contribution in [0.3, 0.4) is 0 Å². The Kier molecular flexibility index (Phi) is 3.55. The van der Waals surface area contributed by atoms with Crippen molar-refractivity contribution in [2.24, 2.45) is 11.7 Å². The van der Waals surface area contributed by atoms with Crippen molar-refractivity contribution in [2.75, 3.05) is 26.3 Å². The van der Waals surface area contributed by atoms with Gasteiger partial charge in [-0.1, -0.05) is 0 Å². The Balaban J connectivity index is 2.03. The van der Waals surface area contributed by atoms with E-state index in [0.29, 0.717) is 26.0 Å². The van der Waals surface area contributed by atoms with Gasteiger partial charge in [-0.15, -0.1) is 0 Å². The molecule has 0 aromatic carbocycles. The monoisotopic (exact) mass is 266 g/mol. The second-order valence-corrected chi connectivity index (χ2v) is 5.09. The number of nitrogens with zero attached hydrogens (tertiary/aromatic N) is 1. The predicted octanol–water partition coefficient (Wildman–Crippen LogP) is 0.905. The number of rotatable bonds is 1. The van der Waals surface area contributed by atoms with Gasteiger partial charge in [-0.05, 0) is 19.3 Å². The van der Waals surface area contributed by atoms with Gasteiger partial charge in [0.15, 0.2) is 0 Å². The van der Waals surface area contributed by atoms with Crippen LogP contribution in [0.25, 0.3) is 0 Å². The van der Waals surface area contributed by atoms with E-state index in [0.717, 1.165) is 0 Å². The highest BCUT2D eigenvalue weighted by molar-refractivity contribution is 5.86. The normalized spacial score (nSPS) is 33.8. The first-order valence-electron chi connectivity index (χ1n) is 6.06. The Morgan fingerprint density at radius 3 is 2.72 bits per heavy atom. The van der Waals surface area contributed by atoms with Crippen LogP contribution in [0, 0.1) is 5.92 Å². The molecule has 2 aliphatic heterocycles. The van der Waals surface area contributed by atoms with Crippen molar-refractivity contribution in [1.82, 2.24) is 4.90 Å². The average molecular weight is 266 g/mol. The number of halogens is 3. The molecule has 2 unspecified atom stereocenters. The van der Waals surface area contributed by atoms with E-state index in [9.17, 15) is 18.0 Å². The smallest absolute Gasteiger partial charge is 0.379 e. The molecule has 0 aliphatic carbocycles. The minimum Gasteiger partial charge on any atom is -0.379 e. The molecule has 7 heteroatoms. The van der Waals surface area contributed by atoms with Gasteiger partial charge in [-0.3, -0.25) is 4.79 Å². The molecule has 2 aliphatic rings. The zero-order valence-electron chi connectivity index (χ0n) is 10.0. The zero-order valence-corrected chi connectivity index (χ0v) is 10.0. The molecule has 0 bridgehead atoms. The number of likely N-dealkylation sites (tertiary alicyclic amines) is 1. The van der Waals surface area contributed by atoms with Crippen LogP contribution < -0.4 is 5.73 Å². The molecule has 0 aromatic rings. The highest BCUT2D eigenvalue weighted by Crippen LogP contribution is 2.34. The van der Waals surface area contributed by atoms with Gasteiger partial charge in [0, 0.05) is 19.7 Å². The standard InChI is InChI=1S/C11H17F3N2O2/c12-11(13,14)8-2-1-4-16(6-8)9(17)10(15)3-5-18-7-10/h8H,1-7,15H2. The maximum absolute atomic E-state index is 12.7. The maximum atomic E-state index is 12.7. The summed E-state index contributed by atoms with van der Waals surface area (Å²) >= 11 is 0. The molecule has 2 saturated heterocycles. The van der Waals surface area contributed by atoms with Crippen LogP contribution in [0.1, 0.15) is 19.3 Å². The topological polar surface area (TPSA) is 55.6 Å². The number of hydrogen-bond donors (Lipinski definition) is 1. The third-order valence-corrected chi connectivity index (χ3v) is 3.65. The first kappa shape index (κ1) is 13.6. The number of piperidine rings is 1. The molecule has 2 atom stereocenters. The van der Waals surface area contributed by atoms with Crippen molar-refractivity contribution in [1.29, 1.82) is 0 Å². The van der Waals surface area contributed by atoms with E-state index in [2.05, 4.69) is 0 Å². The van der Waals surface area contributed by atoms with Crippen molar-refractivity contribution in [3.63, 3.8) is 0 Å². The molecule has 2 rings (SSSR count).